The molecule has 0 saturated carbocycles. The van der Waals surface area contributed by atoms with E-state index in [1.807, 2.05) is 60.7 Å². The number of rotatable bonds is 6. The zero-order valence-electron chi connectivity index (χ0n) is 13.7. The topological polar surface area (TPSA) is 27.6 Å². The smallest absolute Gasteiger partial charge is 0.189 e. The molecule has 122 valence electrons. The molecule has 0 bridgehead atoms. The Kier molecular flexibility index (Phi) is 6.92. The summed E-state index contributed by atoms with van der Waals surface area (Å²) in [6.45, 7) is 4.37. The van der Waals surface area contributed by atoms with Gasteiger partial charge in [0.15, 0.2) is 5.11 Å². The third kappa shape index (κ3) is 5.48. The van der Waals surface area contributed by atoms with Crippen molar-refractivity contribution in [2.45, 2.75) is 6.54 Å². The van der Waals surface area contributed by atoms with Gasteiger partial charge >= 0.3 is 0 Å². The fourth-order valence-electron chi connectivity index (χ4n) is 2.06. The molecule has 0 radical (unpaired) electrons. The summed E-state index contributed by atoms with van der Waals surface area (Å²) in [4.78, 5) is 0. The Hall–Kier alpha value is -2.72. The Morgan fingerprint density at radius 3 is 2.46 bits per heavy atom. The SMILES string of the molecule is C=Cc1ccc(CN(N=CC=Cc2ccccc2)C(=S)NC)cc1. The van der Waals surface area contributed by atoms with Crippen molar-refractivity contribution in [2.75, 3.05) is 7.05 Å². The number of nitrogens with one attached hydrogen (secondary N) is 1. The maximum Gasteiger partial charge on any atom is 0.189 e. The van der Waals surface area contributed by atoms with Crippen molar-refractivity contribution in [2.24, 2.45) is 5.10 Å². The van der Waals surface area contributed by atoms with Gasteiger partial charge in [-0.15, -0.1) is 0 Å². The largest absolute Gasteiger partial charge is 0.364 e. The molecule has 0 aliphatic carbocycles. The normalized spacial score (nSPS) is 10.9. The number of allylic oxidation sites excluding steroid dienone is 1. The number of hydrazone groups is 1. The third-order valence-electron chi connectivity index (χ3n) is 3.38. The van der Waals surface area contributed by atoms with Gasteiger partial charge in [0.25, 0.3) is 0 Å². The summed E-state index contributed by atoms with van der Waals surface area (Å²) in [5.41, 5.74) is 3.35. The zero-order chi connectivity index (χ0) is 17.2. The van der Waals surface area contributed by atoms with Crippen LogP contribution in [0.5, 0.6) is 0 Å². The molecule has 0 aliphatic heterocycles. The van der Waals surface area contributed by atoms with Gasteiger partial charge in [-0.05, 0) is 35.0 Å². The van der Waals surface area contributed by atoms with Crippen LogP contribution < -0.4 is 5.32 Å². The minimum absolute atomic E-state index is 0.576. The molecule has 0 heterocycles. The summed E-state index contributed by atoms with van der Waals surface area (Å²) in [5.74, 6) is 0. The van der Waals surface area contributed by atoms with Gasteiger partial charge in [-0.2, -0.15) is 5.10 Å². The van der Waals surface area contributed by atoms with Gasteiger partial charge in [-0.3, -0.25) is 0 Å². The van der Waals surface area contributed by atoms with Crippen LogP contribution in [0.1, 0.15) is 16.7 Å². The quantitative estimate of drug-likeness (QED) is 0.483. The van der Waals surface area contributed by atoms with Gasteiger partial charge < -0.3 is 5.32 Å². The summed E-state index contributed by atoms with van der Waals surface area (Å²) < 4.78 is 0. The molecule has 0 saturated heterocycles. The second-order valence-corrected chi connectivity index (χ2v) is 5.48. The Labute approximate surface area is 149 Å². The van der Waals surface area contributed by atoms with E-state index in [-0.39, 0.29) is 0 Å². The van der Waals surface area contributed by atoms with Crippen LogP contribution >= 0.6 is 12.2 Å². The first-order valence-electron chi connectivity index (χ1n) is 7.69. The average Bonchev–Trinajstić information content (AvgIpc) is 2.65. The second-order valence-electron chi connectivity index (χ2n) is 5.09. The number of benzene rings is 2. The molecule has 2 rings (SSSR count). The lowest BCUT2D eigenvalue weighted by molar-refractivity contribution is 0.437. The van der Waals surface area contributed by atoms with E-state index in [0.717, 1.165) is 16.7 Å². The molecule has 2 aromatic rings. The van der Waals surface area contributed by atoms with E-state index in [2.05, 4.69) is 29.1 Å². The highest BCUT2D eigenvalue weighted by Gasteiger charge is 2.06. The van der Waals surface area contributed by atoms with Gasteiger partial charge in [0.05, 0.1) is 6.54 Å². The molecular weight excluding hydrogens is 314 g/mol. The van der Waals surface area contributed by atoms with E-state index in [1.165, 1.54) is 0 Å². The maximum atomic E-state index is 5.33. The zero-order valence-corrected chi connectivity index (χ0v) is 14.5. The Morgan fingerprint density at radius 2 is 1.83 bits per heavy atom. The minimum atomic E-state index is 0.576. The summed E-state index contributed by atoms with van der Waals surface area (Å²) >= 11 is 5.33. The predicted molar refractivity (Wildman–Crippen MR) is 108 cm³/mol. The highest BCUT2D eigenvalue weighted by atomic mass is 32.1. The second kappa shape index (κ2) is 9.43. The fourth-order valence-corrected chi connectivity index (χ4v) is 2.18. The van der Waals surface area contributed by atoms with E-state index in [4.69, 9.17) is 12.2 Å². The van der Waals surface area contributed by atoms with Crippen molar-refractivity contribution in [3.05, 3.63) is 83.9 Å². The van der Waals surface area contributed by atoms with Crippen LogP contribution in [0.3, 0.4) is 0 Å². The highest BCUT2D eigenvalue weighted by molar-refractivity contribution is 7.80. The molecule has 0 atom stereocenters. The first-order valence-corrected chi connectivity index (χ1v) is 8.10. The lowest BCUT2D eigenvalue weighted by Crippen LogP contribution is -2.33. The molecule has 0 aliphatic rings. The van der Waals surface area contributed by atoms with Crippen LogP contribution in [-0.4, -0.2) is 23.4 Å². The molecule has 4 heteroatoms. The summed E-state index contributed by atoms with van der Waals surface area (Å²) in [6.07, 6.45) is 7.48. The van der Waals surface area contributed by atoms with Crippen molar-refractivity contribution in [3.8, 4) is 0 Å². The van der Waals surface area contributed by atoms with Crippen molar-refractivity contribution >= 4 is 35.7 Å². The molecule has 1 N–H and O–H groups in total. The average molecular weight is 335 g/mol. The molecule has 0 amide bonds. The van der Waals surface area contributed by atoms with E-state index in [9.17, 15) is 0 Å². The van der Waals surface area contributed by atoms with Gasteiger partial charge in [0.1, 0.15) is 0 Å². The Bertz CT molecular complexity index is 718. The molecule has 0 spiro atoms. The molecule has 0 fully saturated rings. The Balaban J connectivity index is 2.04. The predicted octanol–water partition coefficient (Wildman–Crippen LogP) is 4.34. The summed E-state index contributed by atoms with van der Waals surface area (Å²) in [6, 6.07) is 18.3. The van der Waals surface area contributed by atoms with Crippen LogP contribution in [0.4, 0.5) is 0 Å². The van der Waals surface area contributed by atoms with Gasteiger partial charge in [-0.25, -0.2) is 5.01 Å². The van der Waals surface area contributed by atoms with Crippen molar-refractivity contribution < 1.29 is 0 Å². The lowest BCUT2D eigenvalue weighted by atomic mass is 10.1. The summed E-state index contributed by atoms with van der Waals surface area (Å²) in [7, 11) is 1.80. The van der Waals surface area contributed by atoms with E-state index < -0.39 is 0 Å². The number of hydrogen-bond donors (Lipinski definition) is 1. The number of nitrogens with zero attached hydrogens (tertiary/aromatic N) is 2. The molecule has 24 heavy (non-hydrogen) atoms. The van der Waals surface area contributed by atoms with Crippen LogP contribution in [0, 0.1) is 0 Å². The third-order valence-corrected chi connectivity index (χ3v) is 3.79. The van der Waals surface area contributed by atoms with Gasteiger partial charge in [0.2, 0.25) is 0 Å². The van der Waals surface area contributed by atoms with E-state index >= 15 is 0 Å². The first kappa shape index (κ1) is 17.6. The number of thiocarbonyl (C=S) groups is 1. The van der Waals surface area contributed by atoms with E-state index in [0.29, 0.717) is 11.7 Å². The van der Waals surface area contributed by atoms with Crippen LogP contribution in [0.2, 0.25) is 0 Å². The summed E-state index contributed by atoms with van der Waals surface area (Å²) in [5, 5.41) is 9.75. The number of hydrogen-bond acceptors (Lipinski definition) is 2. The van der Waals surface area contributed by atoms with Crippen molar-refractivity contribution in [1.29, 1.82) is 0 Å². The first-order chi connectivity index (χ1) is 11.7. The van der Waals surface area contributed by atoms with Crippen LogP contribution in [-0.2, 0) is 6.54 Å². The van der Waals surface area contributed by atoms with Crippen molar-refractivity contribution in [1.82, 2.24) is 10.3 Å². The monoisotopic (exact) mass is 335 g/mol. The maximum absolute atomic E-state index is 5.33. The van der Waals surface area contributed by atoms with Crippen LogP contribution in [0.15, 0.2) is 72.4 Å². The highest BCUT2D eigenvalue weighted by Crippen LogP contribution is 2.09. The lowest BCUT2D eigenvalue weighted by Gasteiger charge is -2.19. The van der Waals surface area contributed by atoms with Crippen LogP contribution in [0.25, 0.3) is 12.2 Å². The minimum Gasteiger partial charge on any atom is -0.364 e. The molecule has 3 nitrogen and oxygen atoms in total. The molecule has 0 unspecified atom stereocenters. The fraction of sp³-hybridized carbons (Fsp3) is 0.100. The Morgan fingerprint density at radius 1 is 1.12 bits per heavy atom. The standard InChI is InChI=1S/C20H21N3S/c1-3-17-11-13-19(14-12-17)16-23(20(24)21-2)22-15-7-10-18-8-5-4-6-9-18/h3-15H,1,16H2,2H3,(H,21,24). The molecule has 0 aromatic heterocycles. The molecular formula is C20H21N3S. The van der Waals surface area contributed by atoms with Crippen molar-refractivity contribution in [3.63, 3.8) is 0 Å². The van der Waals surface area contributed by atoms with Gasteiger partial charge in [0, 0.05) is 13.3 Å². The van der Waals surface area contributed by atoms with E-state index in [1.54, 1.807) is 18.3 Å². The molecule has 2 aromatic carbocycles. The van der Waals surface area contributed by atoms with Gasteiger partial charge in [-0.1, -0.05) is 73.3 Å².